The molecule has 0 spiro atoms. The van der Waals surface area contributed by atoms with Gasteiger partial charge in [0.05, 0.1) is 12.0 Å². The summed E-state index contributed by atoms with van der Waals surface area (Å²) in [6, 6.07) is 2.22. The van der Waals surface area contributed by atoms with Gasteiger partial charge in [0.2, 0.25) is 0 Å². The molecule has 0 bridgehead atoms. The monoisotopic (exact) mass is 163 g/mol. The van der Waals surface area contributed by atoms with Crippen LogP contribution in [0.25, 0.3) is 0 Å². The highest BCUT2D eigenvalue weighted by Crippen LogP contribution is 2.10. The van der Waals surface area contributed by atoms with E-state index in [1.165, 1.54) is 19.3 Å². The molecule has 0 aliphatic rings. The summed E-state index contributed by atoms with van der Waals surface area (Å²) < 4.78 is 0. The van der Waals surface area contributed by atoms with Crippen molar-refractivity contribution in [3.8, 4) is 6.07 Å². The molecule has 0 rings (SSSR count). The average Bonchev–Trinajstić information content (AvgIpc) is 2.10. The zero-order chi connectivity index (χ0) is 9.23. The molecule has 0 radical (unpaired) electrons. The first-order valence-electron chi connectivity index (χ1n) is 4.60. The molecule has 0 amide bonds. The van der Waals surface area contributed by atoms with E-state index in [-0.39, 0.29) is 5.92 Å². The maximum atomic E-state index is 8.66. The second kappa shape index (κ2) is 8.11. The fourth-order valence-electron chi connectivity index (χ4n) is 1.12. The van der Waals surface area contributed by atoms with Crippen molar-refractivity contribution in [2.24, 2.45) is 5.92 Å². The Balaban J connectivity index is 3.47. The van der Waals surface area contributed by atoms with Gasteiger partial charge in [-0.2, -0.15) is 5.26 Å². The van der Waals surface area contributed by atoms with Crippen molar-refractivity contribution in [3.05, 3.63) is 18.4 Å². The lowest BCUT2D eigenvalue weighted by atomic mass is 10.0. The van der Waals surface area contributed by atoms with Crippen LogP contribution < -0.4 is 0 Å². The third-order valence-corrected chi connectivity index (χ3v) is 1.85. The Morgan fingerprint density at radius 1 is 1.42 bits per heavy atom. The van der Waals surface area contributed by atoms with Crippen LogP contribution in [0.3, 0.4) is 0 Å². The maximum absolute atomic E-state index is 8.66. The van der Waals surface area contributed by atoms with Gasteiger partial charge in [-0.25, -0.2) is 0 Å². The predicted octanol–water partition coefficient (Wildman–Crippen LogP) is 3.44. The molecule has 66 valence electrons. The van der Waals surface area contributed by atoms with Crippen LogP contribution in [0.5, 0.6) is 0 Å². The van der Waals surface area contributed by atoms with Crippen LogP contribution in [0.4, 0.5) is 0 Å². The van der Waals surface area contributed by atoms with Crippen LogP contribution in [-0.4, -0.2) is 0 Å². The van der Waals surface area contributed by atoms with Crippen molar-refractivity contribution in [1.82, 2.24) is 0 Å². The first kappa shape index (κ1) is 11.0. The number of unbranched alkanes of at least 4 members (excludes halogenated alkanes) is 3. The van der Waals surface area contributed by atoms with Crippen LogP contribution in [0.2, 0.25) is 0 Å². The Bertz CT molecular complexity index is 182. The number of allylic oxidation sites excluding steroid dienone is 1. The molecule has 0 aromatic heterocycles. The quantitative estimate of drug-likeness (QED) is 0.434. The van der Waals surface area contributed by atoms with Gasteiger partial charge in [0.25, 0.3) is 0 Å². The standard InChI is InChI=1S/C11H17N/c1-3-5-6-7-9-11(10-12)8-4-2/h8,11H,2-3,5-7,9H2,1H3. The molecule has 1 nitrogen and oxygen atoms in total. The van der Waals surface area contributed by atoms with E-state index in [9.17, 15) is 0 Å². The lowest BCUT2D eigenvalue weighted by Crippen LogP contribution is -1.91. The smallest absolute Gasteiger partial charge is 0.0716 e. The van der Waals surface area contributed by atoms with Crippen molar-refractivity contribution < 1.29 is 0 Å². The fourth-order valence-corrected chi connectivity index (χ4v) is 1.12. The van der Waals surface area contributed by atoms with Crippen LogP contribution >= 0.6 is 0 Å². The first-order chi connectivity index (χ1) is 5.85. The molecule has 0 aromatic carbocycles. The summed E-state index contributed by atoms with van der Waals surface area (Å²) in [5.41, 5.74) is 2.66. The summed E-state index contributed by atoms with van der Waals surface area (Å²) >= 11 is 0. The van der Waals surface area contributed by atoms with Crippen LogP contribution in [-0.2, 0) is 0 Å². The van der Waals surface area contributed by atoms with Crippen molar-refractivity contribution in [2.75, 3.05) is 0 Å². The van der Waals surface area contributed by atoms with Crippen LogP contribution in [0.15, 0.2) is 18.4 Å². The summed E-state index contributed by atoms with van der Waals surface area (Å²) in [5, 5.41) is 8.66. The largest absolute Gasteiger partial charge is 0.198 e. The molecular formula is C11H17N. The van der Waals surface area contributed by atoms with E-state index in [0.717, 1.165) is 12.8 Å². The highest BCUT2D eigenvalue weighted by Gasteiger charge is 2.00. The summed E-state index contributed by atoms with van der Waals surface area (Å²) in [5.74, 6) is 0.0272. The van der Waals surface area contributed by atoms with E-state index in [1.54, 1.807) is 6.08 Å². The highest BCUT2D eigenvalue weighted by molar-refractivity contribution is 4.97. The highest BCUT2D eigenvalue weighted by atomic mass is 14.3. The van der Waals surface area contributed by atoms with Gasteiger partial charge in [0.15, 0.2) is 0 Å². The molecular weight excluding hydrogens is 146 g/mol. The van der Waals surface area contributed by atoms with E-state index in [2.05, 4.69) is 25.3 Å². The number of hydrogen-bond acceptors (Lipinski definition) is 1. The van der Waals surface area contributed by atoms with Crippen molar-refractivity contribution in [3.63, 3.8) is 0 Å². The minimum absolute atomic E-state index is 0.0272. The lowest BCUT2D eigenvalue weighted by Gasteiger charge is -2.00. The number of hydrogen-bond donors (Lipinski definition) is 0. The molecule has 0 saturated carbocycles. The number of nitriles is 1. The first-order valence-corrected chi connectivity index (χ1v) is 4.60. The second-order valence-corrected chi connectivity index (χ2v) is 2.96. The Hall–Kier alpha value is -0.990. The molecule has 0 aromatic rings. The van der Waals surface area contributed by atoms with Gasteiger partial charge < -0.3 is 0 Å². The zero-order valence-electron chi connectivity index (χ0n) is 7.84. The SMILES string of the molecule is C=C=CC(C#N)CCCCCC. The third kappa shape index (κ3) is 5.77. The van der Waals surface area contributed by atoms with E-state index >= 15 is 0 Å². The molecule has 1 heteroatoms. The van der Waals surface area contributed by atoms with Gasteiger partial charge in [0, 0.05) is 0 Å². The molecule has 0 aliphatic carbocycles. The molecule has 0 aliphatic heterocycles. The van der Waals surface area contributed by atoms with Gasteiger partial charge in [-0.05, 0) is 12.5 Å². The minimum Gasteiger partial charge on any atom is -0.198 e. The van der Waals surface area contributed by atoms with Gasteiger partial charge in [-0.1, -0.05) is 39.2 Å². The molecule has 0 saturated heterocycles. The van der Waals surface area contributed by atoms with E-state index in [4.69, 9.17) is 5.26 Å². The average molecular weight is 163 g/mol. The van der Waals surface area contributed by atoms with Gasteiger partial charge in [0.1, 0.15) is 0 Å². The lowest BCUT2D eigenvalue weighted by molar-refractivity contribution is 0.595. The Morgan fingerprint density at radius 3 is 2.67 bits per heavy atom. The van der Waals surface area contributed by atoms with E-state index < -0.39 is 0 Å². The summed E-state index contributed by atoms with van der Waals surface area (Å²) in [6.07, 6.45) is 7.61. The molecule has 1 unspecified atom stereocenters. The Labute approximate surface area is 75.4 Å². The Morgan fingerprint density at radius 2 is 2.17 bits per heavy atom. The predicted molar refractivity (Wildman–Crippen MR) is 51.6 cm³/mol. The van der Waals surface area contributed by atoms with E-state index in [1.807, 2.05) is 0 Å². The van der Waals surface area contributed by atoms with E-state index in [0.29, 0.717) is 0 Å². The third-order valence-electron chi connectivity index (χ3n) is 1.85. The normalized spacial score (nSPS) is 11.3. The number of nitrogens with zero attached hydrogens (tertiary/aromatic N) is 1. The molecule has 0 N–H and O–H groups in total. The maximum Gasteiger partial charge on any atom is 0.0716 e. The fraction of sp³-hybridized carbons (Fsp3) is 0.636. The van der Waals surface area contributed by atoms with Gasteiger partial charge in [-0.3, -0.25) is 0 Å². The van der Waals surface area contributed by atoms with Crippen LogP contribution in [0.1, 0.15) is 39.0 Å². The Kier molecular flexibility index (Phi) is 7.44. The van der Waals surface area contributed by atoms with Crippen molar-refractivity contribution in [2.45, 2.75) is 39.0 Å². The molecule has 1 atom stereocenters. The van der Waals surface area contributed by atoms with Crippen molar-refractivity contribution >= 4 is 0 Å². The summed E-state index contributed by atoms with van der Waals surface area (Å²) in [6.45, 7) is 5.65. The minimum atomic E-state index is 0.0272. The number of rotatable bonds is 6. The summed E-state index contributed by atoms with van der Waals surface area (Å²) in [7, 11) is 0. The molecule has 0 fully saturated rings. The van der Waals surface area contributed by atoms with Gasteiger partial charge in [-0.15, -0.1) is 5.73 Å². The second-order valence-electron chi connectivity index (χ2n) is 2.96. The van der Waals surface area contributed by atoms with Crippen molar-refractivity contribution in [1.29, 1.82) is 5.26 Å². The zero-order valence-corrected chi connectivity index (χ0v) is 7.84. The van der Waals surface area contributed by atoms with Gasteiger partial charge >= 0.3 is 0 Å². The summed E-state index contributed by atoms with van der Waals surface area (Å²) in [4.78, 5) is 0. The molecule has 0 heterocycles. The molecule has 12 heavy (non-hydrogen) atoms. The van der Waals surface area contributed by atoms with Crippen LogP contribution in [0, 0.1) is 17.2 Å². The topological polar surface area (TPSA) is 23.8 Å².